The lowest BCUT2D eigenvalue weighted by atomic mass is 10.1. The van der Waals surface area contributed by atoms with Crippen molar-refractivity contribution in [1.29, 1.82) is 0 Å². The molecule has 1 N–H and O–H groups in total. The maximum atomic E-state index is 12.7. The highest BCUT2D eigenvalue weighted by atomic mass is 35.5. The Labute approximate surface area is 149 Å². The first-order valence-corrected chi connectivity index (χ1v) is 9.20. The van der Waals surface area contributed by atoms with Gasteiger partial charge >= 0.3 is 0 Å². The quantitative estimate of drug-likeness (QED) is 0.650. The molecule has 0 spiro atoms. The lowest BCUT2D eigenvalue weighted by molar-refractivity contribution is -0.384. The molecule has 0 atom stereocenters. The third kappa shape index (κ3) is 3.65. The molecule has 7 nitrogen and oxygen atoms in total. The second-order valence-electron chi connectivity index (χ2n) is 5.35. The van der Waals surface area contributed by atoms with E-state index in [1.54, 1.807) is 24.3 Å². The van der Waals surface area contributed by atoms with Crippen LogP contribution in [-0.2, 0) is 10.0 Å². The van der Waals surface area contributed by atoms with E-state index in [4.69, 9.17) is 11.6 Å². The van der Waals surface area contributed by atoms with Gasteiger partial charge in [0.2, 0.25) is 0 Å². The number of benzene rings is 2. The second kappa shape index (κ2) is 6.83. The summed E-state index contributed by atoms with van der Waals surface area (Å²) in [5.41, 5.74) is 4.21. The molecule has 0 saturated carbocycles. The van der Waals surface area contributed by atoms with E-state index in [1.807, 2.05) is 6.08 Å². The van der Waals surface area contributed by atoms with Crippen LogP contribution in [0.4, 0.5) is 5.69 Å². The van der Waals surface area contributed by atoms with Crippen molar-refractivity contribution < 1.29 is 13.3 Å². The van der Waals surface area contributed by atoms with Crippen LogP contribution in [-0.4, -0.2) is 24.3 Å². The maximum Gasteiger partial charge on any atom is 0.269 e. The number of hydrogen-bond acceptors (Lipinski definition) is 5. The average molecular weight is 380 g/mol. The standard InChI is InChI=1S/C16H14ClN3O4S/c17-13-5-3-12(4-6-13)16-2-1-11-19(18-16)25(23,24)15-9-7-14(8-10-15)20(21)22/h2-10,18H,1,11H2. The van der Waals surface area contributed by atoms with Gasteiger partial charge in [-0.25, -0.2) is 8.42 Å². The van der Waals surface area contributed by atoms with Crippen molar-refractivity contribution in [3.05, 3.63) is 75.3 Å². The molecule has 2 aromatic rings. The minimum atomic E-state index is -3.82. The predicted octanol–water partition coefficient (Wildman–Crippen LogP) is 3.19. The van der Waals surface area contributed by atoms with E-state index < -0.39 is 14.9 Å². The van der Waals surface area contributed by atoms with Gasteiger partial charge < -0.3 is 5.43 Å². The number of halogens is 1. The SMILES string of the molecule is O=[N+]([O-])c1ccc(S(=O)(=O)N2CCC=C(c3ccc(Cl)cc3)N2)cc1. The molecular formula is C16H14ClN3O4S. The number of hydrogen-bond donors (Lipinski definition) is 1. The average Bonchev–Trinajstić information content (AvgIpc) is 2.62. The summed E-state index contributed by atoms with van der Waals surface area (Å²) in [7, 11) is -3.82. The van der Waals surface area contributed by atoms with Gasteiger partial charge in [-0.1, -0.05) is 29.8 Å². The van der Waals surface area contributed by atoms with Crippen molar-refractivity contribution in [1.82, 2.24) is 9.84 Å². The molecule has 3 rings (SSSR count). The molecule has 25 heavy (non-hydrogen) atoms. The number of nitro groups is 1. The summed E-state index contributed by atoms with van der Waals surface area (Å²) in [4.78, 5) is 10.1. The van der Waals surface area contributed by atoms with Gasteiger partial charge in [0.15, 0.2) is 0 Å². The highest BCUT2D eigenvalue weighted by Crippen LogP contribution is 2.24. The van der Waals surface area contributed by atoms with Gasteiger partial charge in [0.05, 0.1) is 15.5 Å². The maximum absolute atomic E-state index is 12.7. The third-order valence-corrected chi connectivity index (χ3v) is 5.69. The molecule has 0 amide bonds. The molecule has 0 aromatic heterocycles. The molecule has 0 radical (unpaired) electrons. The lowest BCUT2D eigenvalue weighted by Gasteiger charge is -2.28. The van der Waals surface area contributed by atoms with Crippen LogP contribution in [0.15, 0.2) is 59.5 Å². The normalized spacial score (nSPS) is 15.3. The summed E-state index contributed by atoms with van der Waals surface area (Å²) in [5.74, 6) is 0. The van der Waals surface area contributed by atoms with Crippen molar-refractivity contribution >= 4 is 33.0 Å². The Hall–Kier alpha value is -2.42. The van der Waals surface area contributed by atoms with E-state index in [1.165, 1.54) is 24.3 Å². The summed E-state index contributed by atoms with van der Waals surface area (Å²) in [6.07, 6.45) is 2.45. The summed E-state index contributed by atoms with van der Waals surface area (Å²) < 4.78 is 26.6. The molecule has 1 aliphatic heterocycles. The van der Waals surface area contributed by atoms with E-state index >= 15 is 0 Å². The largest absolute Gasteiger partial charge is 0.305 e. The Kier molecular flexibility index (Phi) is 4.76. The highest BCUT2D eigenvalue weighted by Gasteiger charge is 2.27. The van der Waals surface area contributed by atoms with Gasteiger partial charge in [-0.3, -0.25) is 10.1 Å². The van der Waals surface area contributed by atoms with Crippen molar-refractivity contribution in [2.45, 2.75) is 11.3 Å². The first-order chi connectivity index (χ1) is 11.9. The van der Waals surface area contributed by atoms with Gasteiger partial charge in [-0.15, -0.1) is 4.41 Å². The van der Waals surface area contributed by atoms with Gasteiger partial charge in [0.25, 0.3) is 15.7 Å². The first kappa shape index (κ1) is 17.4. The highest BCUT2D eigenvalue weighted by molar-refractivity contribution is 7.89. The van der Waals surface area contributed by atoms with Crippen LogP contribution in [0, 0.1) is 10.1 Å². The molecule has 0 aliphatic carbocycles. The van der Waals surface area contributed by atoms with Crippen LogP contribution in [0.1, 0.15) is 12.0 Å². The number of nitrogens with one attached hydrogen (secondary N) is 1. The fourth-order valence-electron chi connectivity index (χ4n) is 2.42. The van der Waals surface area contributed by atoms with E-state index in [0.717, 1.165) is 9.98 Å². The van der Waals surface area contributed by atoms with E-state index in [-0.39, 0.29) is 17.1 Å². The van der Waals surface area contributed by atoms with E-state index in [0.29, 0.717) is 17.1 Å². The molecule has 9 heteroatoms. The number of nitrogens with zero attached hydrogens (tertiary/aromatic N) is 2. The smallest absolute Gasteiger partial charge is 0.269 e. The molecule has 130 valence electrons. The molecule has 1 aliphatic rings. The fraction of sp³-hybridized carbons (Fsp3) is 0.125. The molecule has 0 fully saturated rings. The monoisotopic (exact) mass is 379 g/mol. The molecule has 2 aromatic carbocycles. The molecule has 0 unspecified atom stereocenters. The Morgan fingerprint density at radius 1 is 1.08 bits per heavy atom. The number of hydrazine groups is 1. The second-order valence-corrected chi connectivity index (χ2v) is 7.65. The van der Waals surface area contributed by atoms with Gasteiger partial charge in [-0.05, 0) is 36.2 Å². The number of rotatable bonds is 4. The van der Waals surface area contributed by atoms with Crippen molar-refractivity contribution in [3.63, 3.8) is 0 Å². The Morgan fingerprint density at radius 2 is 1.72 bits per heavy atom. The predicted molar refractivity (Wildman–Crippen MR) is 94.2 cm³/mol. The zero-order chi connectivity index (χ0) is 18.0. The van der Waals surface area contributed by atoms with Gasteiger partial charge in [-0.2, -0.15) is 0 Å². The molecule has 0 bridgehead atoms. The summed E-state index contributed by atoms with van der Waals surface area (Å²) >= 11 is 5.87. The fourth-order valence-corrected chi connectivity index (χ4v) is 3.85. The van der Waals surface area contributed by atoms with Crippen molar-refractivity contribution in [3.8, 4) is 0 Å². The van der Waals surface area contributed by atoms with Crippen molar-refractivity contribution in [2.75, 3.05) is 6.54 Å². The van der Waals surface area contributed by atoms with Crippen LogP contribution in [0.25, 0.3) is 5.70 Å². The summed E-state index contributed by atoms with van der Waals surface area (Å²) in [6.45, 7) is 0.260. The van der Waals surface area contributed by atoms with E-state index in [9.17, 15) is 18.5 Å². The zero-order valence-electron chi connectivity index (χ0n) is 12.9. The Balaban J connectivity index is 1.84. The van der Waals surface area contributed by atoms with Crippen LogP contribution >= 0.6 is 11.6 Å². The minimum absolute atomic E-state index is 0.0112. The Morgan fingerprint density at radius 3 is 2.32 bits per heavy atom. The lowest BCUT2D eigenvalue weighted by Crippen LogP contribution is -2.44. The van der Waals surface area contributed by atoms with E-state index in [2.05, 4.69) is 5.43 Å². The number of sulfonamides is 1. The Bertz CT molecular complexity index is 925. The van der Waals surface area contributed by atoms with Crippen molar-refractivity contribution in [2.24, 2.45) is 0 Å². The topological polar surface area (TPSA) is 92.5 Å². The number of non-ortho nitro benzene ring substituents is 1. The van der Waals surface area contributed by atoms with Crippen LogP contribution in [0.3, 0.4) is 0 Å². The molecule has 1 heterocycles. The number of nitro benzene ring substituents is 1. The minimum Gasteiger partial charge on any atom is -0.305 e. The summed E-state index contributed by atoms with van der Waals surface area (Å²) in [5, 5.41) is 11.3. The third-order valence-electron chi connectivity index (χ3n) is 3.72. The van der Waals surface area contributed by atoms with Crippen LogP contribution < -0.4 is 5.43 Å². The summed E-state index contributed by atoms with van der Waals surface area (Å²) in [6, 6.07) is 11.9. The zero-order valence-corrected chi connectivity index (χ0v) is 14.5. The first-order valence-electron chi connectivity index (χ1n) is 7.38. The van der Waals surface area contributed by atoms with Gasteiger partial charge in [0, 0.05) is 23.7 Å². The van der Waals surface area contributed by atoms with Crippen LogP contribution in [0.5, 0.6) is 0 Å². The van der Waals surface area contributed by atoms with Crippen LogP contribution in [0.2, 0.25) is 5.02 Å². The van der Waals surface area contributed by atoms with Gasteiger partial charge in [0.1, 0.15) is 0 Å². The molecular weight excluding hydrogens is 366 g/mol. The molecule has 0 saturated heterocycles.